The fraction of sp³-hybridized carbons (Fsp3) is 0.133. The van der Waals surface area contributed by atoms with Crippen LogP contribution in [0.3, 0.4) is 0 Å². The van der Waals surface area contributed by atoms with E-state index in [0.29, 0.717) is 0 Å². The number of nitro groups is 1. The SMILES string of the molecule is NC(=O)c1ccc(CNc2cccc(OC(F)(F)F)c2)c([N+](=O)[O-])c1. The number of primary amides is 1. The number of nitro benzene ring substituents is 1. The predicted molar refractivity (Wildman–Crippen MR) is 82.1 cm³/mol. The third kappa shape index (κ3) is 5.09. The number of rotatable bonds is 6. The summed E-state index contributed by atoms with van der Waals surface area (Å²) in [6.07, 6.45) is -4.82. The van der Waals surface area contributed by atoms with Crippen LogP contribution >= 0.6 is 0 Å². The van der Waals surface area contributed by atoms with E-state index in [-0.39, 0.29) is 29.0 Å². The zero-order valence-electron chi connectivity index (χ0n) is 12.5. The molecule has 0 unspecified atom stereocenters. The Labute approximate surface area is 139 Å². The molecule has 0 heterocycles. The van der Waals surface area contributed by atoms with Gasteiger partial charge in [0.1, 0.15) is 5.75 Å². The van der Waals surface area contributed by atoms with E-state index >= 15 is 0 Å². The number of amides is 1. The van der Waals surface area contributed by atoms with Crippen molar-refractivity contribution in [2.24, 2.45) is 5.73 Å². The summed E-state index contributed by atoms with van der Waals surface area (Å²) in [5.41, 5.74) is 5.24. The Hall–Kier alpha value is -3.30. The number of halogens is 3. The van der Waals surface area contributed by atoms with E-state index in [4.69, 9.17) is 5.73 Å². The van der Waals surface area contributed by atoms with E-state index in [1.807, 2.05) is 0 Å². The molecular weight excluding hydrogens is 343 g/mol. The van der Waals surface area contributed by atoms with E-state index in [0.717, 1.165) is 18.2 Å². The molecule has 0 aliphatic carbocycles. The van der Waals surface area contributed by atoms with Gasteiger partial charge in [-0.3, -0.25) is 14.9 Å². The van der Waals surface area contributed by atoms with Gasteiger partial charge in [-0.25, -0.2) is 0 Å². The van der Waals surface area contributed by atoms with E-state index in [9.17, 15) is 28.1 Å². The second-order valence-corrected chi connectivity index (χ2v) is 4.89. The van der Waals surface area contributed by atoms with Crippen LogP contribution in [0.4, 0.5) is 24.5 Å². The summed E-state index contributed by atoms with van der Waals surface area (Å²) in [6.45, 7) is -0.0508. The highest BCUT2D eigenvalue weighted by Crippen LogP contribution is 2.26. The molecule has 0 spiro atoms. The first-order chi connectivity index (χ1) is 11.7. The molecule has 0 aliphatic rings. The zero-order chi connectivity index (χ0) is 18.6. The molecule has 132 valence electrons. The van der Waals surface area contributed by atoms with Gasteiger partial charge in [-0.05, 0) is 24.3 Å². The van der Waals surface area contributed by atoms with Crippen LogP contribution < -0.4 is 15.8 Å². The molecule has 0 atom stereocenters. The van der Waals surface area contributed by atoms with E-state index < -0.39 is 22.9 Å². The van der Waals surface area contributed by atoms with Gasteiger partial charge in [-0.2, -0.15) is 0 Å². The summed E-state index contributed by atoms with van der Waals surface area (Å²) in [5, 5.41) is 13.9. The average Bonchev–Trinajstić information content (AvgIpc) is 2.51. The summed E-state index contributed by atoms with van der Waals surface area (Å²) < 4.78 is 40.4. The van der Waals surface area contributed by atoms with Gasteiger partial charge in [0, 0.05) is 35.5 Å². The predicted octanol–water partition coefficient (Wildman–Crippen LogP) is 3.20. The first-order valence-corrected chi connectivity index (χ1v) is 6.82. The summed E-state index contributed by atoms with van der Waals surface area (Å²) in [5.74, 6) is -1.23. The molecule has 0 saturated carbocycles. The van der Waals surface area contributed by atoms with Crippen molar-refractivity contribution < 1.29 is 27.6 Å². The first-order valence-electron chi connectivity index (χ1n) is 6.82. The normalized spacial score (nSPS) is 11.0. The van der Waals surface area contributed by atoms with Gasteiger partial charge < -0.3 is 15.8 Å². The highest BCUT2D eigenvalue weighted by atomic mass is 19.4. The monoisotopic (exact) mass is 355 g/mol. The Balaban J connectivity index is 2.17. The number of anilines is 1. The molecular formula is C15H12F3N3O4. The molecule has 7 nitrogen and oxygen atoms in total. The smallest absolute Gasteiger partial charge is 0.406 e. The number of ether oxygens (including phenoxy) is 1. The second kappa shape index (κ2) is 7.07. The summed E-state index contributed by atoms with van der Waals surface area (Å²) in [6, 6.07) is 8.78. The molecule has 2 aromatic carbocycles. The van der Waals surface area contributed by atoms with Crippen LogP contribution in [0, 0.1) is 10.1 Å². The largest absolute Gasteiger partial charge is 0.573 e. The van der Waals surface area contributed by atoms with Crippen LogP contribution in [-0.2, 0) is 6.54 Å². The molecule has 0 aromatic heterocycles. The standard InChI is InChI=1S/C15H12F3N3O4/c16-15(17,18)25-12-3-1-2-11(7-12)20-8-10-5-4-9(14(19)22)6-13(10)21(23)24/h1-7,20H,8H2,(H2,19,22). The molecule has 25 heavy (non-hydrogen) atoms. The first kappa shape index (κ1) is 18.0. The lowest BCUT2D eigenvalue weighted by atomic mass is 10.1. The number of carbonyl (C=O) groups is 1. The lowest BCUT2D eigenvalue weighted by Gasteiger charge is -2.11. The number of alkyl halides is 3. The highest BCUT2D eigenvalue weighted by molar-refractivity contribution is 5.93. The lowest BCUT2D eigenvalue weighted by Crippen LogP contribution is -2.17. The number of carbonyl (C=O) groups excluding carboxylic acids is 1. The third-order valence-electron chi connectivity index (χ3n) is 3.12. The number of nitrogens with zero attached hydrogens (tertiary/aromatic N) is 1. The molecule has 0 saturated heterocycles. The fourth-order valence-electron chi connectivity index (χ4n) is 2.04. The molecule has 0 radical (unpaired) electrons. The van der Waals surface area contributed by atoms with Crippen molar-refractivity contribution in [1.29, 1.82) is 0 Å². The maximum Gasteiger partial charge on any atom is 0.573 e. The topological polar surface area (TPSA) is 107 Å². The van der Waals surface area contributed by atoms with Gasteiger partial charge in [0.2, 0.25) is 5.91 Å². The van der Waals surface area contributed by atoms with Crippen molar-refractivity contribution in [2.75, 3.05) is 5.32 Å². The maximum absolute atomic E-state index is 12.2. The quantitative estimate of drug-likeness (QED) is 0.611. The van der Waals surface area contributed by atoms with E-state index in [1.54, 1.807) is 0 Å². The van der Waals surface area contributed by atoms with Crippen molar-refractivity contribution in [3.63, 3.8) is 0 Å². The number of nitrogens with one attached hydrogen (secondary N) is 1. The van der Waals surface area contributed by atoms with Gasteiger partial charge in [-0.15, -0.1) is 13.2 Å². The van der Waals surface area contributed by atoms with Crippen LogP contribution in [0.25, 0.3) is 0 Å². The molecule has 0 bridgehead atoms. The molecule has 0 fully saturated rings. The van der Waals surface area contributed by atoms with Crippen LogP contribution in [0.1, 0.15) is 15.9 Å². The molecule has 3 N–H and O–H groups in total. The summed E-state index contributed by atoms with van der Waals surface area (Å²) in [4.78, 5) is 21.5. The van der Waals surface area contributed by atoms with E-state index in [2.05, 4.69) is 10.1 Å². The van der Waals surface area contributed by atoms with Gasteiger partial charge in [-0.1, -0.05) is 6.07 Å². The van der Waals surface area contributed by atoms with Gasteiger partial charge in [0.05, 0.1) is 4.92 Å². The minimum absolute atomic E-state index is 0.0176. The Morgan fingerprint density at radius 1 is 1.24 bits per heavy atom. The number of nitrogens with two attached hydrogens (primary N) is 1. The number of hydrogen-bond acceptors (Lipinski definition) is 5. The summed E-state index contributed by atoms with van der Waals surface area (Å²) in [7, 11) is 0. The van der Waals surface area contributed by atoms with E-state index in [1.165, 1.54) is 24.3 Å². The van der Waals surface area contributed by atoms with Crippen molar-refractivity contribution in [3.8, 4) is 5.75 Å². The van der Waals surface area contributed by atoms with Crippen molar-refractivity contribution >= 4 is 17.3 Å². The van der Waals surface area contributed by atoms with Crippen LogP contribution in [0.2, 0.25) is 0 Å². The molecule has 1 amide bonds. The number of benzene rings is 2. The molecule has 2 aromatic rings. The lowest BCUT2D eigenvalue weighted by molar-refractivity contribution is -0.385. The van der Waals surface area contributed by atoms with Gasteiger partial charge >= 0.3 is 6.36 Å². The fourth-order valence-corrected chi connectivity index (χ4v) is 2.04. The Morgan fingerprint density at radius 2 is 1.96 bits per heavy atom. The number of hydrogen-bond donors (Lipinski definition) is 2. The highest BCUT2D eigenvalue weighted by Gasteiger charge is 2.31. The Morgan fingerprint density at radius 3 is 2.56 bits per heavy atom. The van der Waals surface area contributed by atoms with Gasteiger partial charge in [0.15, 0.2) is 0 Å². The van der Waals surface area contributed by atoms with Crippen molar-refractivity contribution in [2.45, 2.75) is 12.9 Å². The van der Waals surface area contributed by atoms with Crippen molar-refractivity contribution in [3.05, 3.63) is 63.7 Å². The molecule has 10 heteroatoms. The third-order valence-corrected chi connectivity index (χ3v) is 3.12. The second-order valence-electron chi connectivity index (χ2n) is 4.89. The summed E-state index contributed by atoms with van der Waals surface area (Å²) >= 11 is 0. The Bertz CT molecular complexity index is 809. The maximum atomic E-state index is 12.2. The minimum Gasteiger partial charge on any atom is -0.406 e. The molecule has 2 rings (SSSR count). The van der Waals surface area contributed by atoms with Gasteiger partial charge in [0.25, 0.3) is 5.69 Å². The molecule has 0 aliphatic heterocycles. The van der Waals surface area contributed by atoms with Crippen LogP contribution in [-0.4, -0.2) is 17.2 Å². The average molecular weight is 355 g/mol. The minimum atomic E-state index is -4.82. The zero-order valence-corrected chi connectivity index (χ0v) is 12.5. The van der Waals surface area contributed by atoms with Crippen LogP contribution in [0.5, 0.6) is 5.75 Å². The Kier molecular flexibility index (Phi) is 5.11. The van der Waals surface area contributed by atoms with Crippen LogP contribution in [0.15, 0.2) is 42.5 Å². The van der Waals surface area contributed by atoms with Crippen molar-refractivity contribution in [1.82, 2.24) is 0 Å².